The molecular weight excluding hydrogens is 250 g/mol. The Balaban J connectivity index is 3.07. The molecule has 1 heterocycles. The number of hydrogen-bond acceptors (Lipinski definition) is 4. The molecule has 0 spiro atoms. The Hall–Kier alpha value is -1.72. The first-order valence-electron chi connectivity index (χ1n) is 6.32. The molecule has 0 aliphatic carbocycles. The van der Waals surface area contributed by atoms with Crippen molar-refractivity contribution in [3.8, 4) is 0 Å². The van der Waals surface area contributed by atoms with E-state index < -0.39 is 23.3 Å². The van der Waals surface area contributed by atoms with E-state index in [1.165, 1.54) is 4.90 Å². The number of methoxy groups -OCH3 is 1. The lowest BCUT2D eigenvalue weighted by molar-refractivity contribution is -0.195. The van der Waals surface area contributed by atoms with Crippen LogP contribution in [0.5, 0.6) is 0 Å². The minimum atomic E-state index is -0.959. The van der Waals surface area contributed by atoms with Crippen LogP contribution in [0.25, 0.3) is 5.53 Å². The van der Waals surface area contributed by atoms with Gasteiger partial charge in [-0.1, -0.05) is 13.8 Å². The molecule has 106 valence electrons. The Bertz CT molecular complexity index is 411. The van der Waals surface area contributed by atoms with Crippen molar-refractivity contribution in [1.82, 2.24) is 4.90 Å². The highest BCUT2D eigenvalue weighted by molar-refractivity contribution is 6.61. The van der Waals surface area contributed by atoms with Gasteiger partial charge in [-0.05, 0) is 19.3 Å². The second-order valence-electron chi connectivity index (χ2n) is 4.25. The summed E-state index contributed by atoms with van der Waals surface area (Å²) in [5.74, 6) is -1.63. The Morgan fingerprint density at radius 2 is 2.05 bits per heavy atom. The third-order valence-corrected chi connectivity index (χ3v) is 3.42. The van der Waals surface area contributed by atoms with Crippen LogP contribution >= 0.6 is 0 Å². The monoisotopic (exact) mass is 269 g/mol. The van der Waals surface area contributed by atoms with Gasteiger partial charge in [0.1, 0.15) is 5.72 Å². The van der Waals surface area contributed by atoms with Crippen molar-refractivity contribution in [2.24, 2.45) is 0 Å². The van der Waals surface area contributed by atoms with Crippen LogP contribution in [0.1, 0.15) is 33.1 Å². The average Bonchev–Trinajstić information content (AvgIpc) is 2.47. The van der Waals surface area contributed by atoms with Crippen molar-refractivity contribution in [3.05, 3.63) is 5.53 Å². The van der Waals surface area contributed by atoms with Crippen LogP contribution in [0.2, 0.25) is 0 Å². The number of rotatable bonds is 4. The summed E-state index contributed by atoms with van der Waals surface area (Å²) in [7, 11) is 1.13. The fourth-order valence-corrected chi connectivity index (χ4v) is 2.28. The highest BCUT2D eigenvalue weighted by Gasteiger charge is 2.46. The topological polar surface area (TPSA) is 92.2 Å². The number of ether oxygens (including phenoxy) is 2. The number of carbonyl (C=O) groups is 2. The molecule has 1 saturated heterocycles. The van der Waals surface area contributed by atoms with E-state index >= 15 is 0 Å². The molecule has 1 fully saturated rings. The maximum absolute atomic E-state index is 12.3. The molecule has 0 aromatic heterocycles. The number of esters is 1. The minimum Gasteiger partial charge on any atom is -0.460 e. The summed E-state index contributed by atoms with van der Waals surface area (Å²) in [6.45, 7) is 4.83. The van der Waals surface area contributed by atoms with Gasteiger partial charge in [-0.15, -0.1) is 0 Å². The molecule has 0 saturated carbocycles. The Morgan fingerprint density at radius 3 is 2.53 bits per heavy atom. The minimum absolute atomic E-state index is 0.455. The van der Waals surface area contributed by atoms with Gasteiger partial charge in [0.25, 0.3) is 0 Å². The van der Waals surface area contributed by atoms with Gasteiger partial charge in [0.2, 0.25) is 0 Å². The van der Waals surface area contributed by atoms with Gasteiger partial charge in [0, 0.05) is 6.54 Å². The van der Waals surface area contributed by atoms with Gasteiger partial charge in [-0.25, -0.2) is 4.79 Å². The average molecular weight is 269 g/mol. The van der Waals surface area contributed by atoms with E-state index in [1.807, 2.05) is 13.8 Å². The highest BCUT2D eigenvalue weighted by Crippen LogP contribution is 2.29. The van der Waals surface area contributed by atoms with Crippen LogP contribution in [0.15, 0.2) is 0 Å². The first kappa shape index (κ1) is 15.3. The van der Waals surface area contributed by atoms with Crippen molar-refractivity contribution in [2.45, 2.75) is 38.8 Å². The summed E-state index contributed by atoms with van der Waals surface area (Å²) in [6, 6.07) is 0. The van der Waals surface area contributed by atoms with E-state index in [2.05, 4.69) is 9.53 Å². The molecular formula is C12H19N3O4. The molecule has 0 N–H and O–H groups in total. The molecule has 0 unspecified atom stereocenters. The van der Waals surface area contributed by atoms with Crippen molar-refractivity contribution in [2.75, 3.05) is 20.3 Å². The molecule has 0 atom stereocenters. The molecule has 19 heavy (non-hydrogen) atoms. The van der Waals surface area contributed by atoms with Gasteiger partial charge in [0.05, 0.1) is 13.7 Å². The summed E-state index contributed by atoms with van der Waals surface area (Å²) in [5, 5.41) is 0. The fourth-order valence-electron chi connectivity index (χ4n) is 2.28. The molecule has 0 bridgehead atoms. The predicted octanol–water partition coefficient (Wildman–Crippen LogP) is 0.595. The smallest absolute Gasteiger partial charge is 0.460 e. The molecule has 1 aliphatic rings. The first-order valence-corrected chi connectivity index (χ1v) is 6.32. The maximum Gasteiger partial charge on any atom is 0.463 e. The molecule has 7 nitrogen and oxygen atoms in total. The van der Waals surface area contributed by atoms with Crippen LogP contribution in [0.4, 0.5) is 0 Å². The summed E-state index contributed by atoms with van der Waals surface area (Å²) in [4.78, 5) is 27.9. The van der Waals surface area contributed by atoms with Gasteiger partial charge in [-0.3, -0.25) is 4.79 Å². The maximum atomic E-state index is 12.3. The predicted molar refractivity (Wildman–Crippen MR) is 66.2 cm³/mol. The molecule has 0 aromatic carbocycles. The van der Waals surface area contributed by atoms with E-state index in [0.717, 1.165) is 7.11 Å². The molecule has 1 aliphatic heterocycles. The first-order chi connectivity index (χ1) is 9.06. The largest absolute Gasteiger partial charge is 0.463 e. The third-order valence-electron chi connectivity index (χ3n) is 3.42. The van der Waals surface area contributed by atoms with Crippen molar-refractivity contribution >= 4 is 17.6 Å². The van der Waals surface area contributed by atoms with Crippen molar-refractivity contribution in [3.63, 3.8) is 0 Å². The van der Waals surface area contributed by atoms with Crippen LogP contribution in [0.3, 0.4) is 0 Å². The van der Waals surface area contributed by atoms with Crippen LogP contribution < -0.4 is 0 Å². The lowest BCUT2D eigenvalue weighted by Gasteiger charge is -2.45. The molecule has 0 aromatic rings. The van der Waals surface area contributed by atoms with Gasteiger partial charge in [0.15, 0.2) is 0 Å². The normalized spacial score (nSPS) is 17.5. The van der Waals surface area contributed by atoms with Crippen LogP contribution in [0, 0.1) is 0 Å². The summed E-state index contributed by atoms with van der Waals surface area (Å²) in [6.07, 6.45) is 1.86. The Kier molecular flexibility index (Phi) is 5.20. The second kappa shape index (κ2) is 6.45. The van der Waals surface area contributed by atoms with Crippen molar-refractivity contribution in [1.29, 1.82) is 0 Å². The SMILES string of the molecule is CCC1(CC)OCCCN1C(=O)C(=[N+]=[N-])C(=O)OC. The Labute approximate surface area is 112 Å². The van der Waals surface area contributed by atoms with E-state index in [4.69, 9.17) is 10.3 Å². The van der Waals surface area contributed by atoms with E-state index in [1.54, 1.807) is 0 Å². The van der Waals surface area contributed by atoms with Crippen molar-refractivity contribution < 1.29 is 23.9 Å². The number of hydrogen-bond donors (Lipinski definition) is 0. The van der Waals surface area contributed by atoms with Gasteiger partial charge >= 0.3 is 17.6 Å². The number of nitrogens with zero attached hydrogens (tertiary/aromatic N) is 3. The summed E-state index contributed by atoms with van der Waals surface area (Å²) >= 11 is 0. The van der Waals surface area contributed by atoms with Crippen LogP contribution in [-0.4, -0.2) is 53.3 Å². The molecule has 7 heteroatoms. The quantitative estimate of drug-likeness (QED) is 0.245. The highest BCUT2D eigenvalue weighted by atomic mass is 16.5. The summed E-state index contributed by atoms with van der Waals surface area (Å²) < 4.78 is 10.2. The lowest BCUT2D eigenvalue weighted by Crippen LogP contribution is -2.59. The van der Waals surface area contributed by atoms with Gasteiger partial charge < -0.3 is 19.9 Å². The number of amides is 1. The summed E-state index contributed by atoms with van der Waals surface area (Å²) in [5.41, 5.74) is 7.47. The molecule has 1 rings (SSSR count). The molecule has 0 radical (unpaired) electrons. The number of carbonyl (C=O) groups excluding carboxylic acids is 2. The second-order valence-corrected chi connectivity index (χ2v) is 4.25. The zero-order chi connectivity index (χ0) is 14.5. The fraction of sp³-hybridized carbons (Fsp3) is 0.750. The van der Waals surface area contributed by atoms with Crippen LogP contribution in [-0.2, 0) is 19.1 Å². The Morgan fingerprint density at radius 1 is 1.42 bits per heavy atom. The van der Waals surface area contributed by atoms with Gasteiger partial charge in [-0.2, -0.15) is 4.79 Å². The zero-order valence-electron chi connectivity index (χ0n) is 11.5. The zero-order valence-corrected chi connectivity index (χ0v) is 11.5. The third kappa shape index (κ3) is 2.83. The van der Waals surface area contributed by atoms with E-state index in [9.17, 15) is 9.59 Å². The van der Waals surface area contributed by atoms with E-state index in [-0.39, 0.29) is 0 Å². The lowest BCUT2D eigenvalue weighted by atomic mass is 10.0. The standard InChI is InChI=1S/C12H19N3O4/c1-4-12(5-2)15(7-6-8-19-12)10(16)9(14-13)11(17)18-3/h4-8H2,1-3H3. The molecule has 1 amide bonds. The van der Waals surface area contributed by atoms with E-state index in [0.29, 0.717) is 32.4 Å².